The lowest BCUT2D eigenvalue weighted by molar-refractivity contribution is -0.121. The van der Waals surface area contributed by atoms with Gasteiger partial charge < -0.3 is 5.32 Å². The second-order valence-corrected chi connectivity index (χ2v) is 8.78. The van der Waals surface area contributed by atoms with Crippen LogP contribution >= 0.6 is 11.3 Å². The smallest absolute Gasteiger partial charge is 0.307 e. The van der Waals surface area contributed by atoms with Gasteiger partial charge in [0.25, 0.3) is 0 Å². The maximum absolute atomic E-state index is 12.1. The number of aryl methyl sites for hydroxylation is 1. The van der Waals surface area contributed by atoms with Crippen LogP contribution in [0.1, 0.15) is 37.1 Å². The third kappa shape index (κ3) is 5.53. The molecule has 1 amide bonds. The van der Waals surface area contributed by atoms with Crippen LogP contribution < -0.4 is 10.2 Å². The van der Waals surface area contributed by atoms with Gasteiger partial charge >= 0.3 is 4.87 Å². The number of hydrogen-bond donors (Lipinski definition) is 1. The van der Waals surface area contributed by atoms with Gasteiger partial charge in [0.15, 0.2) is 0 Å². The zero-order chi connectivity index (χ0) is 19.4. The number of piperidine rings is 1. The van der Waals surface area contributed by atoms with Gasteiger partial charge in [0, 0.05) is 37.3 Å². The summed E-state index contributed by atoms with van der Waals surface area (Å²) in [5, 5.41) is 4.68. The van der Waals surface area contributed by atoms with Gasteiger partial charge in [-0.05, 0) is 36.3 Å². The van der Waals surface area contributed by atoms with Gasteiger partial charge in [-0.25, -0.2) is 0 Å². The number of likely N-dealkylation sites (tertiary alicyclic amines) is 1. The van der Waals surface area contributed by atoms with Gasteiger partial charge in [-0.3, -0.25) is 19.1 Å². The Balaban J connectivity index is 1.49. The van der Waals surface area contributed by atoms with E-state index >= 15 is 0 Å². The normalized spacial score (nSPS) is 20.6. The molecule has 2 atom stereocenters. The van der Waals surface area contributed by atoms with Crippen molar-refractivity contribution in [3.05, 3.63) is 56.1 Å². The van der Waals surface area contributed by atoms with Crippen molar-refractivity contribution >= 4 is 17.2 Å². The molecular formula is C21H29N3O2S. The predicted molar refractivity (Wildman–Crippen MR) is 110 cm³/mol. The van der Waals surface area contributed by atoms with E-state index in [9.17, 15) is 9.59 Å². The fraction of sp³-hybridized carbons (Fsp3) is 0.524. The second kappa shape index (κ2) is 8.85. The fourth-order valence-corrected chi connectivity index (χ4v) is 4.67. The molecule has 0 radical (unpaired) electrons. The number of thiazole rings is 1. The topological polar surface area (TPSA) is 54.3 Å². The van der Waals surface area contributed by atoms with E-state index in [-0.39, 0.29) is 17.3 Å². The highest BCUT2D eigenvalue weighted by Gasteiger charge is 2.21. The molecule has 6 heteroatoms. The number of amides is 1. The minimum atomic E-state index is -0.140. The van der Waals surface area contributed by atoms with Crippen LogP contribution in [0.3, 0.4) is 0 Å². The summed E-state index contributed by atoms with van der Waals surface area (Å²) in [5.74, 6) is 1.39. The van der Waals surface area contributed by atoms with Crippen LogP contribution in [0.25, 0.3) is 0 Å². The van der Waals surface area contributed by atoms with Gasteiger partial charge in [-0.1, -0.05) is 49.4 Å². The Morgan fingerprint density at radius 2 is 1.78 bits per heavy atom. The van der Waals surface area contributed by atoms with Crippen molar-refractivity contribution in [2.24, 2.45) is 11.8 Å². The first-order valence-corrected chi connectivity index (χ1v) is 10.5. The average Bonchev–Trinajstić information content (AvgIpc) is 2.92. The number of carbonyl (C=O) groups excluding carboxylic acids is 1. The number of aromatic nitrogens is 1. The van der Waals surface area contributed by atoms with Crippen molar-refractivity contribution in [1.82, 2.24) is 14.8 Å². The Morgan fingerprint density at radius 3 is 2.37 bits per heavy atom. The molecule has 0 bridgehead atoms. The third-order valence-corrected chi connectivity index (χ3v) is 6.02. The van der Waals surface area contributed by atoms with E-state index in [0.29, 0.717) is 6.54 Å². The first-order valence-electron chi connectivity index (χ1n) is 9.62. The molecule has 0 spiro atoms. The lowest BCUT2D eigenvalue weighted by atomic mass is 9.91. The van der Waals surface area contributed by atoms with Crippen molar-refractivity contribution in [3.8, 4) is 0 Å². The van der Waals surface area contributed by atoms with E-state index in [1.54, 1.807) is 5.38 Å². The lowest BCUT2D eigenvalue weighted by Gasteiger charge is -2.35. The average molecular weight is 388 g/mol. The Kier molecular flexibility index (Phi) is 6.50. The van der Waals surface area contributed by atoms with E-state index < -0.39 is 0 Å². The summed E-state index contributed by atoms with van der Waals surface area (Å²) in [6, 6.07) is 8.46. The highest BCUT2D eigenvalue weighted by Crippen LogP contribution is 2.22. The van der Waals surface area contributed by atoms with Crippen LogP contribution in [0.5, 0.6) is 0 Å². The predicted octanol–water partition coefficient (Wildman–Crippen LogP) is 3.01. The highest BCUT2D eigenvalue weighted by molar-refractivity contribution is 7.07. The van der Waals surface area contributed by atoms with Crippen LogP contribution in [-0.2, 0) is 24.4 Å². The maximum Gasteiger partial charge on any atom is 0.307 e. The molecule has 1 fully saturated rings. The number of nitrogens with one attached hydrogen (secondary N) is 1. The SMILES string of the molecule is Cc1csc(=O)n1CC(=O)NCc1ccc(CN2C[C@H](C)C[C@@H](C)C2)cc1. The molecule has 1 aliphatic heterocycles. The number of nitrogens with zero attached hydrogens (tertiary/aromatic N) is 2. The summed E-state index contributed by atoms with van der Waals surface area (Å²) >= 11 is 1.13. The first-order chi connectivity index (χ1) is 12.9. The molecule has 3 rings (SSSR count). The second-order valence-electron chi connectivity index (χ2n) is 7.96. The minimum absolute atomic E-state index is 0.0809. The standard InChI is InChI=1S/C21H29N3O2S/c1-15-8-16(2)11-23(10-15)12-19-6-4-18(5-7-19)9-22-20(25)13-24-17(3)14-27-21(24)26/h4-7,14-16H,8-13H2,1-3H3,(H,22,25)/t15-,16-/m1/s1. The van der Waals surface area contributed by atoms with Gasteiger partial charge in [-0.15, -0.1) is 0 Å². The highest BCUT2D eigenvalue weighted by atomic mass is 32.1. The number of rotatable bonds is 6. The van der Waals surface area contributed by atoms with Crippen molar-refractivity contribution in [1.29, 1.82) is 0 Å². The van der Waals surface area contributed by atoms with Crippen LogP contribution in [0.4, 0.5) is 0 Å². The Hall–Kier alpha value is -1.92. The van der Waals surface area contributed by atoms with Crippen molar-refractivity contribution < 1.29 is 4.79 Å². The largest absolute Gasteiger partial charge is 0.350 e. The van der Waals surface area contributed by atoms with E-state index in [2.05, 4.69) is 48.3 Å². The van der Waals surface area contributed by atoms with Gasteiger partial charge in [0.05, 0.1) is 0 Å². The van der Waals surface area contributed by atoms with Crippen LogP contribution in [0, 0.1) is 18.8 Å². The number of carbonyl (C=O) groups is 1. The van der Waals surface area contributed by atoms with Gasteiger partial charge in [0.2, 0.25) is 5.91 Å². The molecule has 146 valence electrons. The maximum atomic E-state index is 12.1. The molecule has 0 saturated carbocycles. The Morgan fingerprint density at radius 1 is 1.15 bits per heavy atom. The first kappa shape index (κ1) is 19.8. The number of hydrogen-bond acceptors (Lipinski definition) is 4. The summed E-state index contributed by atoms with van der Waals surface area (Å²) in [6.45, 7) is 10.4. The fourth-order valence-electron chi connectivity index (χ4n) is 3.94. The van der Waals surface area contributed by atoms with Gasteiger partial charge in [-0.2, -0.15) is 0 Å². The van der Waals surface area contributed by atoms with E-state index in [1.165, 1.54) is 29.6 Å². The van der Waals surface area contributed by atoms with E-state index in [4.69, 9.17) is 0 Å². The van der Waals surface area contributed by atoms with Crippen LogP contribution in [0.15, 0.2) is 34.4 Å². The molecule has 1 aromatic heterocycles. The molecular weight excluding hydrogens is 358 g/mol. The lowest BCUT2D eigenvalue weighted by Crippen LogP contribution is -2.38. The molecule has 0 aliphatic carbocycles. The Bertz CT molecular complexity index is 815. The molecule has 2 aromatic rings. The van der Waals surface area contributed by atoms with E-state index in [0.717, 1.165) is 41.0 Å². The molecule has 1 aromatic carbocycles. The minimum Gasteiger partial charge on any atom is -0.350 e. The summed E-state index contributed by atoms with van der Waals surface area (Å²) in [4.78, 5) is 26.2. The molecule has 1 N–H and O–H groups in total. The summed E-state index contributed by atoms with van der Waals surface area (Å²) in [7, 11) is 0. The van der Waals surface area contributed by atoms with Crippen molar-refractivity contribution in [2.45, 2.75) is 46.8 Å². The molecule has 5 nitrogen and oxygen atoms in total. The molecule has 1 aliphatic rings. The molecule has 2 heterocycles. The van der Waals surface area contributed by atoms with Crippen molar-refractivity contribution in [3.63, 3.8) is 0 Å². The molecule has 27 heavy (non-hydrogen) atoms. The zero-order valence-corrected chi connectivity index (χ0v) is 17.2. The summed E-state index contributed by atoms with van der Waals surface area (Å²) in [5.41, 5.74) is 3.21. The van der Waals surface area contributed by atoms with Crippen LogP contribution in [0.2, 0.25) is 0 Å². The monoisotopic (exact) mass is 387 g/mol. The summed E-state index contributed by atoms with van der Waals surface area (Å²) < 4.78 is 1.50. The van der Waals surface area contributed by atoms with Crippen LogP contribution in [-0.4, -0.2) is 28.5 Å². The molecule has 0 unspecified atom stereocenters. The quantitative estimate of drug-likeness (QED) is 0.829. The van der Waals surface area contributed by atoms with Gasteiger partial charge in [0.1, 0.15) is 6.54 Å². The molecule has 1 saturated heterocycles. The third-order valence-electron chi connectivity index (χ3n) is 5.14. The zero-order valence-electron chi connectivity index (χ0n) is 16.4. The van der Waals surface area contributed by atoms with Crippen molar-refractivity contribution in [2.75, 3.05) is 13.1 Å². The Labute approximate surface area is 165 Å². The van der Waals surface area contributed by atoms with E-state index in [1.807, 2.05) is 6.92 Å². The summed E-state index contributed by atoms with van der Waals surface area (Å²) in [6.07, 6.45) is 1.33. The number of benzene rings is 1.